The predicted octanol–water partition coefficient (Wildman–Crippen LogP) is 6.21. The van der Waals surface area contributed by atoms with Crippen molar-refractivity contribution in [3.63, 3.8) is 0 Å². The maximum Gasteiger partial charge on any atom is 0.269 e. The van der Waals surface area contributed by atoms with Gasteiger partial charge < -0.3 is 0 Å². The number of nitro benzene ring substituents is 2. The minimum atomic E-state index is -0.457. The van der Waals surface area contributed by atoms with Crippen LogP contribution in [0.2, 0.25) is 0 Å². The summed E-state index contributed by atoms with van der Waals surface area (Å²) in [4.78, 5) is 58.2. The Hall–Kier alpha value is -5.34. The van der Waals surface area contributed by atoms with Crippen LogP contribution in [0.4, 0.5) is 11.4 Å². The molecule has 2 heterocycles. The van der Waals surface area contributed by atoms with Crippen molar-refractivity contribution in [2.24, 2.45) is 0 Å². The number of nitro groups is 2. The molecule has 12 nitrogen and oxygen atoms in total. The number of para-hydroxylation sites is 2. The fraction of sp³-hybridized carbons (Fsp3) is 0.125. The molecule has 14 heteroatoms. The molecule has 0 aliphatic rings. The number of thioether (sulfide) groups is 2. The maximum absolute atomic E-state index is 13.7. The van der Waals surface area contributed by atoms with Crippen molar-refractivity contribution in [1.82, 2.24) is 19.1 Å². The van der Waals surface area contributed by atoms with Crippen molar-refractivity contribution in [3.8, 4) is 0 Å². The van der Waals surface area contributed by atoms with Gasteiger partial charge in [-0.2, -0.15) is 0 Å². The smallest absolute Gasteiger partial charge is 0.269 e. The molecule has 0 atom stereocenters. The highest BCUT2D eigenvalue weighted by molar-refractivity contribution is 7.98. The van der Waals surface area contributed by atoms with Crippen LogP contribution in [0.1, 0.15) is 11.1 Å². The lowest BCUT2D eigenvalue weighted by atomic mass is 10.2. The van der Waals surface area contributed by atoms with E-state index in [0.717, 1.165) is 11.1 Å². The second kappa shape index (κ2) is 13.3. The third kappa shape index (κ3) is 6.53. The third-order valence-corrected chi connectivity index (χ3v) is 9.33. The summed E-state index contributed by atoms with van der Waals surface area (Å²) in [5.41, 5.74) is 2.21. The first-order valence-electron chi connectivity index (χ1n) is 14.0. The fourth-order valence-corrected chi connectivity index (χ4v) is 6.80. The van der Waals surface area contributed by atoms with Gasteiger partial charge in [-0.15, -0.1) is 0 Å². The summed E-state index contributed by atoms with van der Waals surface area (Å²) in [5.74, 6) is 0.827. The Kier molecular flexibility index (Phi) is 8.90. The number of benzene rings is 4. The lowest BCUT2D eigenvalue weighted by Crippen LogP contribution is -2.30. The number of non-ortho nitro benzene ring substituents is 2. The zero-order valence-corrected chi connectivity index (χ0v) is 25.6. The molecule has 0 bridgehead atoms. The molecule has 0 N–H and O–H groups in total. The highest BCUT2D eigenvalue weighted by atomic mass is 32.2. The van der Waals surface area contributed by atoms with E-state index in [4.69, 9.17) is 9.97 Å². The molecule has 0 radical (unpaired) electrons. The number of hydrogen-bond acceptors (Lipinski definition) is 10. The monoisotopic (exact) mass is 652 g/mol. The molecular formula is C32H24N6O6S2. The van der Waals surface area contributed by atoms with E-state index in [0.29, 0.717) is 43.6 Å². The van der Waals surface area contributed by atoms with Crippen LogP contribution in [0.25, 0.3) is 21.8 Å². The van der Waals surface area contributed by atoms with Gasteiger partial charge in [0, 0.05) is 48.9 Å². The maximum atomic E-state index is 13.7. The Labute approximate surface area is 269 Å². The molecule has 0 aliphatic heterocycles. The van der Waals surface area contributed by atoms with Gasteiger partial charge in [-0.05, 0) is 35.4 Å². The predicted molar refractivity (Wildman–Crippen MR) is 177 cm³/mol. The average molecular weight is 653 g/mol. The standard InChI is InChI=1S/C32H24N6O6S2/c39-29-25-5-1-3-7-27(25)33-31(45-19-21-9-13-23(14-10-21)37(41)42)35(29)17-18-36-30(40)26-6-2-4-8-28(26)34-32(36)46-20-22-11-15-24(16-12-22)38(43)44/h1-16H,17-20H2. The molecule has 0 saturated carbocycles. The lowest BCUT2D eigenvalue weighted by molar-refractivity contribution is -0.385. The van der Waals surface area contributed by atoms with Crippen LogP contribution >= 0.6 is 23.5 Å². The van der Waals surface area contributed by atoms with Crippen LogP contribution < -0.4 is 11.1 Å². The highest BCUT2D eigenvalue weighted by Gasteiger charge is 2.16. The van der Waals surface area contributed by atoms with Crippen LogP contribution in [0, 0.1) is 20.2 Å². The van der Waals surface area contributed by atoms with Crippen molar-refractivity contribution in [1.29, 1.82) is 0 Å². The summed E-state index contributed by atoms with van der Waals surface area (Å²) in [6.07, 6.45) is 0. The summed E-state index contributed by atoms with van der Waals surface area (Å²) in [6.45, 7) is 0.258. The molecule has 6 aromatic rings. The topological polar surface area (TPSA) is 156 Å². The summed E-state index contributed by atoms with van der Waals surface area (Å²) in [7, 11) is 0. The zero-order chi connectivity index (χ0) is 32.2. The van der Waals surface area contributed by atoms with E-state index in [2.05, 4.69) is 0 Å². The number of hydrogen-bond donors (Lipinski definition) is 0. The van der Waals surface area contributed by atoms with E-state index < -0.39 is 9.85 Å². The van der Waals surface area contributed by atoms with Gasteiger partial charge in [0.2, 0.25) is 0 Å². The second-order valence-electron chi connectivity index (χ2n) is 10.2. The summed E-state index contributed by atoms with van der Waals surface area (Å²) < 4.78 is 3.09. The van der Waals surface area contributed by atoms with E-state index in [1.807, 2.05) is 0 Å². The average Bonchev–Trinajstić information content (AvgIpc) is 3.07. The van der Waals surface area contributed by atoms with Gasteiger partial charge in [0.05, 0.1) is 31.7 Å². The van der Waals surface area contributed by atoms with Gasteiger partial charge in [0.25, 0.3) is 22.5 Å². The zero-order valence-electron chi connectivity index (χ0n) is 24.0. The van der Waals surface area contributed by atoms with Gasteiger partial charge >= 0.3 is 0 Å². The number of aromatic nitrogens is 4. The molecule has 6 rings (SSSR count). The number of fused-ring (bicyclic) bond motifs is 2. The molecule has 0 aliphatic carbocycles. The molecule has 46 heavy (non-hydrogen) atoms. The van der Waals surface area contributed by atoms with Crippen molar-refractivity contribution < 1.29 is 9.85 Å². The first-order chi connectivity index (χ1) is 22.3. The van der Waals surface area contributed by atoms with Crippen LogP contribution in [0.15, 0.2) is 117 Å². The van der Waals surface area contributed by atoms with E-state index in [9.17, 15) is 29.8 Å². The summed E-state index contributed by atoms with van der Waals surface area (Å²) in [6, 6.07) is 26.5. The molecule has 2 aromatic heterocycles. The van der Waals surface area contributed by atoms with Crippen LogP contribution in [0.5, 0.6) is 0 Å². The Morgan fingerprint density at radius 1 is 0.565 bits per heavy atom. The van der Waals surface area contributed by atoms with E-state index in [-0.39, 0.29) is 35.6 Å². The normalized spacial score (nSPS) is 11.2. The molecule has 4 aromatic carbocycles. The Morgan fingerprint density at radius 2 is 0.935 bits per heavy atom. The van der Waals surface area contributed by atoms with Crippen LogP contribution in [0.3, 0.4) is 0 Å². The van der Waals surface area contributed by atoms with E-state index in [1.165, 1.54) is 47.8 Å². The Balaban J connectivity index is 1.32. The first-order valence-corrected chi connectivity index (χ1v) is 16.0. The lowest BCUT2D eigenvalue weighted by Gasteiger charge is -2.16. The first kappa shape index (κ1) is 30.7. The second-order valence-corrected chi connectivity index (χ2v) is 12.0. The van der Waals surface area contributed by atoms with Crippen molar-refractivity contribution >= 4 is 56.7 Å². The molecule has 230 valence electrons. The molecular weight excluding hydrogens is 629 g/mol. The van der Waals surface area contributed by atoms with E-state index in [1.54, 1.807) is 81.9 Å². The SMILES string of the molecule is O=c1c2ccccc2nc(SCc2ccc([N+](=O)[O-])cc2)n1CCn1c(SCc2ccc([N+](=O)[O-])cc2)nc2ccccc2c1=O. The summed E-state index contributed by atoms with van der Waals surface area (Å²) in [5, 5.41) is 23.9. The van der Waals surface area contributed by atoms with Gasteiger partial charge in [-0.1, -0.05) is 72.1 Å². The van der Waals surface area contributed by atoms with Crippen LogP contribution in [-0.4, -0.2) is 28.9 Å². The molecule has 0 saturated heterocycles. The minimum absolute atomic E-state index is 0.00817. The van der Waals surface area contributed by atoms with Crippen molar-refractivity contribution in [3.05, 3.63) is 149 Å². The van der Waals surface area contributed by atoms with Gasteiger partial charge in [0.1, 0.15) is 0 Å². The highest BCUT2D eigenvalue weighted by Crippen LogP contribution is 2.26. The third-order valence-electron chi connectivity index (χ3n) is 7.23. The van der Waals surface area contributed by atoms with Crippen molar-refractivity contribution in [2.75, 3.05) is 0 Å². The van der Waals surface area contributed by atoms with Gasteiger partial charge in [-0.25, -0.2) is 9.97 Å². The molecule has 0 fully saturated rings. The largest absolute Gasteiger partial charge is 0.285 e. The van der Waals surface area contributed by atoms with Gasteiger partial charge in [-0.3, -0.25) is 39.0 Å². The summed E-state index contributed by atoms with van der Waals surface area (Å²) >= 11 is 2.65. The van der Waals surface area contributed by atoms with Gasteiger partial charge in [0.15, 0.2) is 10.3 Å². The number of rotatable bonds is 11. The van der Waals surface area contributed by atoms with Crippen LogP contribution in [-0.2, 0) is 24.6 Å². The quantitative estimate of drug-likeness (QED) is 0.0683. The Bertz CT molecular complexity index is 2060. The molecule has 0 amide bonds. The minimum Gasteiger partial charge on any atom is -0.285 e. The fourth-order valence-electron chi connectivity index (χ4n) is 4.83. The number of nitrogens with zero attached hydrogens (tertiary/aromatic N) is 6. The molecule has 0 unspecified atom stereocenters. The Morgan fingerprint density at radius 3 is 1.30 bits per heavy atom. The van der Waals surface area contributed by atoms with E-state index >= 15 is 0 Å². The van der Waals surface area contributed by atoms with Crippen molar-refractivity contribution in [2.45, 2.75) is 34.9 Å². The molecule has 0 spiro atoms.